The minimum atomic E-state index is 0.582. The van der Waals surface area contributed by atoms with E-state index in [4.69, 9.17) is 15.2 Å². The standard InChI is InChI=1S/C15H16BrNO2/c1-18-12-7-5-11(6-8-12)9-10-19-15-13(16)3-2-4-14(15)17/h2-8H,9-10,17H2,1H3. The maximum atomic E-state index is 5.87. The van der Waals surface area contributed by atoms with Crippen molar-refractivity contribution >= 4 is 21.6 Å². The lowest BCUT2D eigenvalue weighted by molar-refractivity contribution is 0.321. The van der Waals surface area contributed by atoms with E-state index >= 15 is 0 Å². The normalized spacial score (nSPS) is 10.2. The number of rotatable bonds is 5. The van der Waals surface area contributed by atoms with Gasteiger partial charge in [0, 0.05) is 6.42 Å². The molecule has 0 amide bonds. The van der Waals surface area contributed by atoms with E-state index in [1.807, 2.05) is 42.5 Å². The molecule has 0 aliphatic heterocycles. The van der Waals surface area contributed by atoms with Crippen molar-refractivity contribution in [2.24, 2.45) is 0 Å². The van der Waals surface area contributed by atoms with Gasteiger partial charge in [0.15, 0.2) is 5.75 Å². The smallest absolute Gasteiger partial charge is 0.156 e. The number of hydrogen-bond donors (Lipinski definition) is 1. The van der Waals surface area contributed by atoms with E-state index < -0.39 is 0 Å². The molecule has 0 aliphatic rings. The van der Waals surface area contributed by atoms with Crippen molar-refractivity contribution < 1.29 is 9.47 Å². The number of nitrogen functional groups attached to an aromatic ring is 1. The van der Waals surface area contributed by atoms with Gasteiger partial charge >= 0.3 is 0 Å². The van der Waals surface area contributed by atoms with Crippen LogP contribution in [0.3, 0.4) is 0 Å². The van der Waals surface area contributed by atoms with E-state index in [1.54, 1.807) is 7.11 Å². The van der Waals surface area contributed by atoms with E-state index in [1.165, 1.54) is 5.56 Å². The molecular weight excluding hydrogens is 306 g/mol. The third-order valence-electron chi connectivity index (χ3n) is 2.79. The van der Waals surface area contributed by atoms with E-state index in [2.05, 4.69) is 15.9 Å². The maximum Gasteiger partial charge on any atom is 0.156 e. The van der Waals surface area contributed by atoms with E-state index in [0.717, 1.165) is 16.6 Å². The first-order valence-electron chi connectivity index (χ1n) is 6.00. The average molecular weight is 322 g/mol. The average Bonchev–Trinajstić information content (AvgIpc) is 2.43. The van der Waals surface area contributed by atoms with Crippen LogP contribution in [0.15, 0.2) is 46.9 Å². The summed E-state index contributed by atoms with van der Waals surface area (Å²) in [5.74, 6) is 1.57. The number of ether oxygens (including phenoxy) is 2. The van der Waals surface area contributed by atoms with Gasteiger partial charge in [-0.15, -0.1) is 0 Å². The number of nitrogens with two attached hydrogens (primary N) is 1. The molecule has 0 aromatic heterocycles. The molecule has 0 spiro atoms. The van der Waals surface area contributed by atoms with Gasteiger partial charge in [0.2, 0.25) is 0 Å². The lowest BCUT2D eigenvalue weighted by atomic mass is 10.1. The monoisotopic (exact) mass is 321 g/mol. The molecule has 0 unspecified atom stereocenters. The molecule has 2 aromatic rings. The highest BCUT2D eigenvalue weighted by Gasteiger charge is 2.05. The first kappa shape index (κ1) is 13.7. The van der Waals surface area contributed by atoms with Gasteiger partial charge in [0.25, 0.3) is 0 Å². The van der Waals surface area contributed by atoms with Gasteiger partial charge in [-0.2, -0.15) is 0 Å². The molecule has 0 saturated heterocycles. The molecule has 0 bridgehead atoms. The largest absolute Gasteiger partial charge is 0.497 e. The lowest BCUT2D eigenvalue weighted by Gasteiger charge is -2.10. The zero-order valence-corrected chi connectivity index (χ0v) is 12.3. The first-order valence-corrected chi connectivity index (χ1v) is 6.79. The predicted molar refractivity (Wildman–Crippen MR) is 80.7 cm³/mol. The Bertz CT molecular complexity index is 520. The van der Waals surface area contributed by atoms with Crippen molar-refractivity contribution in [3.63, 3.8) is 0 Å². The molecule has 3 nitrogen and oxygen atoms in total. The number of methoxy groups -OCH3 is 1. The molecule has 4 heteroatoms. The SMILES string of the molecule is COc1ccc(CCOc2c(N)cccc2Br)cc1. The second-order valence-electron chi connectivity index (χ2n) is 4.10. The fourth-order valence-electron chi connectivity index (χ4n) is 1.74. The minimum Gasteiger partial charge on any atom is -0.497 e. The molecule has 0 heterocycles. The molecular formula is C15H16BrNO2. The summed E-state index contributed by atoms with van der Waals surface area (Å²) in [6.45, 7) is 0.582. The van der Waals surface area contributed by atoms with Gasteiger partial charge in [0.1, 0.15) is 5.75 Å². The fraction of sp³-hybridized carbons (Fsp3) is 0.200. The van der Waals surface area contributed by atoms with Gasteiger partial charge in [-0.1, -0.05) is 18.2 Å². The summed E-state index contributed by atoms with van der Waals surface area (Å²) in [6.07, 6.45) is 0.824. The summed E-state index contributed by atoms with van der Waals surface area (Å²) in [5.41, 5.74) is 7.71. The van der Waals surface area contributed by atoms with Crippen molar-refractivity contribution in [1.82, 2.24) is 0 Å². The molecule has 0 saturated carbocycles. The summed E-state index contributed by atoms with van der Waals surface area (Å²) in [6, 6.07) is 13.6. The van der Waals surface area contributed by atoms with Gasteiger partial charge < -0.3 is 15.2 Å². The zero-order valence-electron chi connectivity index (χ0n) is 10.7. The topological polar surface area (TPSA) is 44.5 Å². The lowest BCUT2D eigenvalue weighted by Crippen LogP contribution is -2.04. The number of halogens is 1. The quantitative estimate of drug-likeness (QED) is 0.855. The molecule has 0 atom stereocenters. The molecule has 2 rings (SSSR count). The number of anilines is 1. The minimum absolute atomic E-state index is 0.582. The van der Waals surface area contributed by atoms with Crippen LogP contribution >= 0.6 is 15.9 Å². The number of hydrogen-bond acceptors (Lipinski definition) is 3. The molecule has 19 heavy (non-hydrogen) atoms. The summed E-state index contributed by atoms with van der Waals surface area (Å²) in [4.78, 5) is 0. The Morgan fingerprint density at radius 2 is 1.84 bits per heavy atom. The highest BCUT2D eigenvalue weighted by atomic mass is 79.9. The number of benzene rings is 2. The van der Waals surface area contributed by atoms with Crippen LogP contribution in [-0.2, 0) is 6.42 Å². The Hall–Kier alpha value is -1.68. The predicted octanol–water partition coefficient (Wildman–Crippen LogP) is 3.66. The van der Waals surface area contributed by atoms with E-state index in [-0.39, 0.29) is 0 Å². The van der Waals surface area contributed by atoms with Crippen LogP contribution in [0.25, 0.3) is 0 Å². The second kappa shape index (κ2) is 6.48. The summed E-state index contributed by atoms with van der Waals surface area (Å²) in [5, 5.41) is 0. The van der Waals surface area contributed by atoms with Crippen molar-refractivity contribution in [2.45, 2.75) is 6.42 Å². The van der Waals surface area contributed by atoms with E-state index in [0.29, 0.717) is 18.0 Å². The van der Waals surface area contributed by atoms with Crippen molar-refractivity contribution in [2.75, 3.05) is 19.5 Å². The maximum absolute atomic E-state index is 5.87. The van der Waals surface area contributed by atoms with Gasteiger partial charge in [-0.05, 0) is 45.8 Å². The first-order chi connectivity index (χ1) is 9.20. The summed E-state index contributed by atoms with van der Waals surface area (Å²) in [7, 11) is 1.66. The highest BCUT2D eigenvalue weighted by molar-refractivity contribution is 9.10. The Morgan fingerprint density at radius 3 is 2.47 bits per heavy atom. The molecule has 0 fully saturated rings. The third-order valence-corrected chi connectivity index (χ3v) is 3.42. The fourth-order valence-corrected chi connectivity index (χ4v) is 2.24. The van der Waals surface area contributed by atoms with Gasteiger partial charge in [0.05, 0.1) is 23.9 Å². The molecule has 0 aliphatic carbocycles. The Balaban J connectivity index is 1.92. The summed E-state index contributed by atoms with van der Waals surface area (Å²) >= 11 is 3.43. The second-order valence-corrected chi connectivity index (χ2v) is 4.96. The van der Waals surface area contributed by atoms with Crippen LogP contribution in [-0.4, -0.2) is 13.7 Å². The van der Waals surface area contributed by atoms with Crippen LogP contribution < -0.4 is 15.2 Å². The molecule has 100 valence electrons. The third kappa shape index (κ3) is 3.64. The Morgan fingerprint density at radius 1 is 1.11 bits per heavy atom. The Kier molecular flexibility index (Phi) is 4.68. The molecule has 2 N–H and O–H groups in total. The van der Waals surface area contributed by atoms with Crippen LogP contribution in [0.1, 0.15) is 5.56 Å². The van der Waals surface area contributed by atoms with Crippen LogP contribution in [0.5, 0.6) is 11.5 Å². The van der Waals surface area contributed by atoms with Crippen molar-refractivity contribution in [1.29, 1.82) is 0 Å². The van der Waals surface area contributed by atoms with Crippen LogP contribution in [0.2, 0.25) is 0 Å². The zero-order chi connectivity index (χ0) is 13.7. The van der Waals surface area contributed by atoms with Gasteiger partial charge in [-0.3, -0.25) is 0 Å². The Labute approximate surface area is 121 Å². The highest BCUT2D eigenvalue weighted by Crippen LogP contribution is 2.30. The number of para-hydroxylation sites is 1. The summed E-state index contributed by atoms with van der Waals surface area (Å²) < 4.78 is 11.7. The van der Waals surface area contributed by atoms with Crippen molar-refractivity contribution in [3.8, 4) is 11.5 Å². The molecule has 2 aromatic carbocycles. The molecule has 0 radical (unpaired) electrons. The van der Waals surface area contributed by atoms with Gasteiger partial charge in [-0.25, -0.2) is 0 Å². The van der Waals surface area contributed by atoms with Crippen LogP contribution in [0, 0.1) is 0 Å². The van der Waals surface area contributed by atoms with E-state index in [9.17, 15) is 0 Å². The van der Waals surface area contributed by atoms with Crippen LogP contribution in [0.4, 0.5) is 5.69 Å². The van der Waals surface area contributed by atoms with Crippen molar-refractivity contribution in [3.05, 3.63) is 52.5 Å².